The molecule has 18 heavy (non-hydrogen) atoms. The van der Waals surface area contributed by atoms with E-state index in [0.717, 1.165) is 11.6 Å². The minimum absolute atomic E-state index is 0.298. The van der Waals surface area contributed by atoms with Crippen molar-refractivity contribution in [2.24, 2.45) is 5.73 Å². The predicted molar refractivity (Wildman–Crippen MR) is 68.4 cm³/mol. The van der Waals surface area contributed by atoms with Gasteiger partial charge in [-0.3, -0.25) is 0 Å². The summed E-state index contributed by atoms with van der Waals surface area (Å²) >= 11 is 5.86. The Labute approximate surface area is 109 Å². The Kier molecular flexibility index (Phi) is 3.94. The van der Waals surface area contributed by atoms with Crippen molar-refractivity contribution < 1.29 is 8.78 Å². The van der Waals surface area contributed by atoms with Gasteiger partial charge in [0.15, 0.2) is 0 Å². The van der Waals surface area contributed by atoms with Gasteiger partial charge in [-0.25, -0.2) is 8.78 Å². The van der Waals surface area contributed by atoms with Gasteiger partial charge in [-0.05, 0) is 35.7 Å². The van der Waals surface area contributed by atoms with Crippen molar-refractivity contribution in [3.63, 3.8) is 0 Å². The van der Waals surface area contributed by atoms with Crippen molar-refractivity contribution in [2.45, 2.75) is 12.5 Å². The Balaban J connectivity index is 2.18. The summed E-state index contributed by atoms with van der Waals surface area (Å²) in [6, 6.07) is 10.2. The van der Waals surface area contributed by atoms with E-state index in [1.807, 2.05) is 6.07 Å². The maximum absolute atomic E-state index is 13.5. The van der Waals surface area contributed by atoms with E-state index in [4.69, 9.17) is 17.3 Å². The van der Waals surface area contributed by atoms with Crippen LogP contribution in [0.1, 0.15) is 17.2 Å². The summed E-state index contributed by atoms with van der Waals surface area (Å²) in [4.78, 5) is 0. The molecule has 1 unspecified atom stereocenters. The topological polar surface area (TPSA) is 26.0 Å². The van der Waals surface area contributed by atoms with Crippen LogP contribution in [0.15, 0.2) is 42.5 Å². The molecule has 0 saturated heterocycles. The molecule has 0 aliphatic carbocycles. The molecular formula is C14H12ClF2N. The number of halogens is 3. The molecule has 4 heteroatoms. The van der Waals surface area contributed by atoms with Crippen molar-refractivity contribution in [1.82, 2.24) is 0 Å². The normalized spacial score (nSPS) is 12.4. The van der Waals surface area contributed by atoms with Crippen LogP contribution in [0.5, 0.6) is 0 Å². The van der Waals surface area contributed by atoms with E-state index in [9.17, 15) is 8.78 Å². The van der Waals surface area contributed by atoms with E-state index in [1.54, 1.807) is 18.2 Å². The van der Waals surface area contributed by atoms with Crippen molar-refractivity contribution in [2.75, 3.05) is 0 Å². The van der Waals surface area contributed by atoms with Crippen LogP contribution >= 0.6 is 11.6 Å². The second-order valence-corrected chi connectivity index (χ2v) is 4.54. The quantitative estimate of drug-likeness (QED) is 0.898. The van der Waals surface area contributed by atoms with Crippen LogP contribution in [0.2, 0.25) is 5.02 Å². The molecule has 2 rings (SSSR count). The second kappa shape index (κ2) is 5.46. The largest absolute Gasteiger partial charge is 0.324 e. The summed E-state index contributed by atoms with van der Waals surface area (Å²) in [6.07, 6.45) is 0.298. The molecule has 2 aromatic carbocycles. The molecule has 2 aromatic rings. The molecule has 0 bridgehead atoms. The fourth-order valence-corrected chi connectivity index (χ4v) is 1.98. The van der Waals surface area contributed by atoms with Crippen molar-refractivity contribution in [3.8, 4) is 0 Å². The second-order valence-electron chi connectivity index (χ2n) is 4.10. The van der Waals surface area contributed by atoms with Gasteiger partial charge < -0.3 is 5.73 Å². The van der Waals surface area contributed by atoms with Crippen LogP contribution in [0.4, 0.5) is 8.78 Å². The van der Waals surface area contributed by atoms with Crippen molar-refractivity contribution in [1.29, 1.82) is 0 Å². The number of nitrogens with two attached hydrogens (primary N) is 1. The lowest BCUT2D eigenvalue weighted by Crippen LogP contribution is -2.14. The highest BCUT2D eigenvalue weighted by Gasteiger charge is 2.11. The Morgan fingerprint density at radius 2 is 1.89 bits per heavy atom. The third-order valence-electron chi connectivity index (χ3n) is 2.73. The van der Waals surface area contributed by atoms with Crippen LogP contribution < -0.4 is 5.73 Å². The minimum atomic E-state index is -0.590. The van der Waals surface area contributed by atoms with E-state index >= 15 is 0 Å². The molecule has 0 fully saturated rings. The number of rotatable bonds is 3. The van der Waals surface area contributed by atoms with E-state index in [0.29, 0.717) is 17.0 Å². The van der Waals surface area contributed by atoms with E-state index in [1.165, 1.54) is 12.1 Å². The molecule has 0 saturated carbocycles. The molecule has 0 heterocycles. The van der Waals surface area contributed by atoms with Crippen LogP contribution in [0.25, 0.3) is 0 Å². The molecule has 2 N–H and O–H groups in total. The van der Waals surface area contributed by atoms with E-state index in [2.05, 4.69) is 0 Å². The fourth-order valence-electron chi connectivity index (χ4n) is 1.78. The first-order valence-electron chi connectivity index (χ1n) is 5.51. The predicted octanol–water partition coefficient (Wildman–Crippen LogP) is 3.86. The van der Waals surface area contributed by atoms with Crippen LogP contribution in [0, 0.1) is 11.6 Å². The SMILES string of the molecule is NC(Cc1ccc(F)cc1F)c1cccc(Cl)c1. The molecule has 94 valence electrons. The summed E-state index contributed by atoms with van der Waals surface area (Å²) in [5.41, 5.74) is 7.20. The van der Waals surface area contributed by atoms with Crippen LogP contribution in [0.3, 0.4) is 0 Å². The first-order valence-corrected chi connectivity index (χ1v) is 5.89. The lowest BCUT2D eigenvalue weighted by Gasteiger charge is -2.13. The highest BCUT2D eigenvalue weighted by atomic mass is 35.5. The van der Waals surface area contributed by atoms with Gasteiger partial charge in [-0.1, -0.05) is 29.8 Å². The highest BCUT2D eigenvalue weighted by molar-refractivity contribution is 6.30. The molecule has 1 atom stereocenters. The summed E-state index contributed by atoms with van der Waals surface area (Å²) < 4.78 is 26.3. The average molecular weight is 268 g/mol. The molecule has 0 aromatic heterocycles. The number of hydrogen-bond donors (Lipinski definition) is 1. The van der Waals surface area contributed by atoms with Gasteiger partial charge in [0.1, 0.15) is 11.6 Å². The van der Waals surface area contributed by atoms with E-state index in [-0.39, 0.29) is 6.04 Å². The van der Waals surface area contributed by atoms with Gasteiger partial charge in [0, 0.05) is 17.1 Å². The Bertz CT molecular complexity index is 557. The fraction of sp³-hybridized carbons (Fsp3) is 0.143. The highest BCUT2D eigenvalue weighted by Crippen LogP contribution is 2.21. The standard InChI is InChI=1S/C14H12ClF2N/c15-11-3-1-2-10(6-11)14(18)7-9-4-5-12(16)8-13(9)17/h1-6,8,14H,7,18H2. The molecule has 1 nitrogen and oxygen atoms in total. The first-order chi connectivity index (χ1) is 8.56. The van der Waals surface area contributed by atoms with E-state index < -0.39 is 11.6 Å². The minimum Gasteiger partial charge on any atom is -0.324 e. The monoisotopic (exact) mass is 267 g/mol. The zero-order chi connectivity index (χ0) is 13.1. The van der Waals surface area contributed by atoms with Gasteiger partial charge in [-0.15, -0.1) is 0 Å². The number of hydrogen-bond acceptors (Lipinski definition) is 1. The van der Waals surface area contributed by atoms with Crippen LogP contribution in [-0.2, 0) is 6.42 Å². The third-order valence-corrected chi connectivity index (χ3v) is 2.97. The molecular weight excluding hydrogens is 256 g/mol. The first kappa shape index (κ1) is 13.0. The van der Waals surface area contributed by atoms with Gasteiger partial charge in [0.25, 0.3) is 0 Å². The van der Waals surface area contributed by atoms with Gasteiger partial charge in [0.2, 0.25) is 0 Å². The Hall–Kier alpha value is -1.45. The third kappa shape index (κ3) is 3.06. The lowest BCUT2D eigenvalue weighted by atomic mass is 9.99. The van der Waals surface area contributed by atoms with Crippen molar-refractivity contribution >= 4 is 11.6 Å². The van der Waals surface area contributed by atoms with Gasteiger partial charge in [-0.2, -0.15) is 0 Å². The average Bonchev–Trinajstić information content (AvgIpc) is 2.32. The lowest BCUT2D eigenvalue weighted by molar-refractivity contribution is 0.563. The molecule has 0 aliphatic rings. The van der Waals surface area contributed by atoms with Gasteiger partial charge in [0.05, 0.1) is 0 Å². The summed E-state index contributed by atoms with van der Waals surface area (Å²) in [5, 5.41) is 0.586. The molecule has 0 amide bonds. The summed E-state index contributed by atoms with van der Waals surface area (Å²) in [7, 11) is 0. The Morgan fingerprint density at radius 3 is 2.56 bits per heavy atom. The van der Waals surface area contributed by atoms with Gasteiger partial charge >= 0.3 is 0 Å². The molecule has 0 aliphatic heterocycles. The smallest absolute Gasteiger partial charge is 0.129 e. The maximum atomic E-state index is 13.5. The summed E-state index contributed by atoms with van der Waals surface area (Å²) in [6.45, 7) is 0. The van der Waals surface area contributed by atoms with Crippen molar-refractivity contribution in [3.05, 3.63) is 70.2 Å². The number of benzene rings is 2. The molecule has 0 spiro atoms. The maximum Gasteiger partial charge on any atom is 0.129 e. The van der Waals surface area contributed by atoms with Crippen LogP contribution in [-0.4, -0.2) is 0 Å². The summed E-state index contributed by atoms with van der Waals surface area (Å²) in [5.74, 6) is -1.17. The zero-order valence-corrected chi connectivity index (χ0v) is 10.3. The molecule has 0 radical (unpaired) electrons. The Morgan fingerprint density at radius 1 is 1.11 bits per heavy atom. The zero-order valence-electron chi connectivity index (χ0n) is 9.54.